The molecule has 1 unspecified atom stereocenters. The summed E-state index contributed by atoms with van der Waals surface area (Å²) in [5.41, 5.74) is 0.830. The summed E-state index contributed by atoms with van der Waals surface area (Å²) in [5, 5.41) is 9.30. The lowest BCUT2D eigenvalue weighted by Gasteiger charge is -2.31. The van der Waals surface area contributed by atoms with Gasteiger partial charge in [0.25, 0.3) is 0 Å². The van der Waals surface area contributed by atoms with Gasteiger partial charge in [-0.1, -0.05) is 0 Å². The Labute approximate surface area is 94.2 Å². The highest BCUT2D eigenvalue weighted by Gasteiger charge is 2.29. The molecule has 1 N–H and O–H groups in total. The van der Waals surface area contributed by atoms with Gasteiger partial charge in [0.15, 0.2) is 0 Å². The lowest BCUT2D eigenvalue weighted by atomic mass is 10.1. The maximum atomic E-state index is 11.3. The van der Waals surface area contributed by atoms with E-state index in [0.29, 0.717) is 26.3 Å². The van der Waals surface area contributed by atoms with E-state index in [0.717, 1.165) is 5.56 Å². The number of aliphatic carboxylic acids is 1. The zero-order valence-electron chi connectivity index (χ0n) is 9.30. The van der Waals surface area contributed by atoms with E-state index in [-0.39, 0.29) is 0 Å². The van der Waals surface area contributed by atoms with Crippen LogP contribution in [0.2, 0.25) is 0 Å². The fraction of sp³-hybridized carbons (Fsp3) is 0.545. The first kappa shape index (κ1) is 11.2. The third kappa shape index (κ3) is 2.25. The minimum Gasteiger partial charge on any atom is -0.480 e. The van der Waals surface area contributed by atoms with Gasteiger partial charge in [-0.2, -0.15) is 0 Å². The number of nitrogens with zero attached hydrogens (tertiary/aromatic N) is 2. The van der Waals surface area contributed by atoms with Gasteiger partial charge in [-0.05, 0) is 11.6 Å². The minimum atomic E-state index is -0.798. The summed E-state index contributed by atoms with van der Waals surface area (Å²) in [5.74, 6) is -0.798. The van der Waals surface area contributed by atoms with Crippen molar-refractivity contribution in [3.63, 3.8) is 0 Å². The number of carbonyl (C=O) groups is 1. The molecule has 16 heavy (non-hydrogen) atoms. The molecular formula is C11H16N2O3. The standard InChI is InChI=1S/C11H16N2O3/c1-12-3-2-9(8-12)10(11(14)15)13-4-6-16-7-5-13/h2-3,8,10H,4-7H2,1H3,(H,14,15). The van der Waals surface area contributed by atoms with Crippen LogP contribution in [0.5, 0.6) is 0 Å². The monoisotopic (exact) mass is 224 g/mol. The number of morpholine rings is 1. The van der Waals surface area contributed by atoms with E-state index in [1.54, 1.807) is 0 Å². The van der Waals surface area contributed by atoms with Crippen LogP contribution in [-0.4, -0.2) is 46.8 Å². The molecule has 5 heteroatoms. The molecule has 1 atom stereocenters. The molecule has 0 saturated carbocycles. The van der Waals surface area contributed by atoms with Crippen LogP contribution >= 0.6 is 0 Å². The SMILES string of the molecule is Cn1ccc(C(C(=O)O)N2CCOCC2)c1. The van der Waals surface area contributed by atoms with Crippen LogP contribution in [0.1, 0.15) is 11.6 Å². The van der Waals surface area contributed by atoms with E-state index in [9.17, 15) is 9.90 Å². The molecule has 1 aliphatic heterocycles. The fourth-order valence-electron chi connectivity index (χ4n) is 2.03. The first-order chi connectivity index (χ1) is 7.68. The molecule has 1 aliphatic rings. The molecule has 88 valence electrons. The van der Waals surface area contributed by atoms with Gasteiger partial charge in [0.1, 0.15) is 6.04 Å². The number of rotatable bonds is 3. The van der Waals surface area contributed by atoms with E-state index in [4.69, 9.17) is 4.74 Å². The molecule has 5 nitrogen and oxygen atoms in total. The van der Waals surface area contributed by atoms with E-state index in [1.165, 1.54) is 0 Å². The highest BCUT2D eigenvalue weighted by molar-refractivity contribution is 5.75. The maximum Gasteiger partial charge on any atom is 0.325 e. The maximum absolute atomic E-state index is 11.3. The molecule has 0 spiro atoms. The Morgan fingerprint density at radius 2 is 2.19 bits per heavy atom. The minimum absolute atomic E-state index is 0.551. The molecule has 0 aliphatic carbocycles. The Bertz CT molecular complexity index is 369. The van der Waals surface area contributed by atoms with Crippen molar-refractivity contribution >= 4 is 5.97 Å². The first-order valence-electron chi connectivity index (χ1n) is 5.35. The Morgan fingerprint density at radius 1 is 1.50 bits per heavy atom. The molecular weight excluding hydrogens is 208 g/mol. The lowest BCUT2D eigenvalue weighted by molar-refractivity contribution is -0.145. The van der Waals surface area contributed by atoms with Gasteiger partial charge >= 0.3 is 5.97 Å². The Balaban J connectivity index is 2.19. The van der Waals surface area contributed by atoms with Gasteiger partial charge in [0.2, 0.25) is 0 Å². The summed E-state index contributed by atoms with van der Waals surface area (Å²) in [7, 11) is 1.89. The van der Waals surface area contributed by atoms with E-state index < -0.39 is 12.0 Å². The van der Waals surface area contributed by atoms with Crippen molar-refractivity contribution in [2.24, 2.45) is 7.05 Å². The molecule has 1 fully saturated rings. The molecule has 0 bridgehead atoms. The number of carboxylic acid groups (broad SMARTS) is 1. The van der Waals surface area contributed by atoms with Crippen molar-refractivity contribution < 1.29 is 14.6 Å². The van der Waals surface area contributed by atoms with Crippen LogP contribution in [0.3, 0.4) is 0 Å². The van der Waals surface area contributed by atoms with Crippen LogP contribution < -0.4 is 0 Å². The Morgan fingerprint density at radius 3 is 2.69 bits per heavy atom. The van der Waals surface area contributed by atoms with E-state index in [1.807, 2.05) is 35.0 Å². The molecule has 0 aromatic carbocycles. The van der Waals surface area contributed by atoms with E-state index >= 15 is 0 Å². The quantitative estimate of drug-likeness (QED) is 0.811. The van der Waals surface area contributed by atoms with Crippen LogP contribution in [0.25, 0.3) is 0 Å². The van der Waals surface area contributed by atoms with Crippen molar-refractivity contribution in [3.05, 3.63) is 24.0 Å². The van der Waals surface area contributed by atoms with Crippen LogP contribution in [-0.2, 0) is 16.6 Å². The largest absolute Gasteiger partial charge is 0.480 e. The molecule has 0 radical (unpaired) electrons. The average Bonchev–Trinajstić information content (AvgIpc) is 2.66. The zero-order valence-corrected chi connectivity index (χ0v) is 9.30. The number of ether oxygens (including phenoxy) is 1. The molecule has 0 amide bonds. The number of hydrogen-bond donors (Lipinski definition) is 1. The summed E-state index contributed by atoms with van der Waals surface area (Å²) in [4.78, 5) is 13.3. The van der Waals surface area contributed by atoms with Crippen LogP contribution in [0.15, 0.2) is 18.5 Å². The molecule has 2 heterocycles. The van der Waals surface area contributed by atoms with Gasteiger partial charge in [0.05, 0.1) is 13.2 Å². The van der Waals surface area contributed by atoms with E-state index in [2.05, 4.69) is 0 Å². The van der Waals surface area contributed by atoms with Crippen molar-refractivity contribution in [1.82, 2.24) is 9.47 Å². The van der Waals surface area contributed by atoms with Crippen molar-refractivity contribution in [2.45, 2.75) is 6.04 Å². The highest BCUT2D eigenvalue weighted by atomic mass is 16.5. The highest BCUT2D eigenvalue weighted by Crippen LogP contribution is 2.22. The smallest absolute Gasteiger partial charge is 0.325 e. The van der Waals surface area contributed by atoms with Gasteiger partial charge in [0, 0.05) is 32.5 Å². The summed E-state index contributed by atoms with van der Waals surface area (Å²) in [6.07, 6.45) is 3.72. The van der Waals surface area contributed by atoms with Gasteiger partial charge in [-0.25, -0.2) is 0 Å². The molecule has 1 aromatic rings. The van der Waals surface area contributed by atoms with Crippen LogP contribution in [0, 0.1) is 0 Å². The number of aromatic nitrogens is 1. The molecule has 2 rings (SSSR count). The third-order valence-corrected chi connectivity index (χ3v) is 2.82. The van der Waals surface area contributed by atoms with Gasteiger partial charge in [-0.3, -0.25) is 9.69 Å². The van der Waals surface area contributed by atoms with Crippen molar-refractivity contribution in [3.8, 4) is 0 Å². The normalized spacial score (nSPS) is 19.6. The fourth-order valence-corrected chi connectivity index (χ4v) is 2.03. The van der Waals surface area contributed by atoms with Crippen molar-refractivity contribution in [2.75, 3.05) is 26.3 Å². The molecule has 1 saturated heterocycles. The topological polar surface area (TPSA) is 54.7 Å². The summed E-state index contributed by atoms with van der Waals surface area (Å²) in [6.45, 7) is 2.56. The summed E-state index contributed by atoms with van der Waals surface area (Å²) < 4.78 is 7.10. The Hall–Kier alpha value is -1.33. The third-order valence-electron chi connectivity index (χ3n) is 2.82. The molecule has 1 aromatic heterocycles. The lowest BCUT2D eigenvalue weighted by Crippen LogP contribution is -2.42. The number of aryl methyl sites for hydroxylation is 1. The predicted octanol–water partition coefficient (Wildman–Crippen LogP) is 0.483. The second kappa shape index (κ2) is 4.67. The zero-order chi connectivity index (χ0) is 11.5. The Kier molecular flexibility index (Phi) is 3.26. The van der Waals surface area contributed by atoms with Gasteiger partial charge < -0.3 is 14.4 Å². The van der Waals surface area contributed by atoms with Crippen LogP contribution in [0.4, 0.5) is 0 Å². The summed E-state index contributed by atoms with van der Waals surface area (Å²) in [6, 6.07) is 1.30. The summed E-state index contributed by atoms with van der Waals surface area (Å²) >= 11 is 0. The van der Waals surface area contributed by atoms with Gasteiger partial charge in [-0.15, -0.1) is 0 Å². The second-order valence-corrected chi connectivity index (χ2v) is 4.00. The average molecular weight is 224 g/mol. The van der Waals surface area contributed by atoms with Crippen molar-refractivity contribution in [1.29, 1.82) is 0 Å². The second-order valence-electron chi connectivity index (χ2n) is 4.00. The number of hydrogen-bond acceptors (Lipinski definition) is 3. The first-order valence-corrected chi connectivity index (χ1v) is 5.35. The predicted molar refractivity (Wildman–Crippen MR) is 58.2 cm³/mol. The number of carboxylic acids is 1.